The van der Waals surface area contributed by atoms with Gasteiger partial charge in [0, 0.05) is 5.92 Å². The summed E-state index contributed by atoms with van der Waals surface area (Å²) in [5.41, 5.74) is 0. The number of benzene rings is 1. The lowest BCUT2D eigenvalue weighted by Crippen LogP contribution is -2.46. The lowest BCUT2D eigenvalue weighted by atomic mass is 10.0. The van der Waals surface area contributed by atoms with Crippen LogP contribution in [0.3, 0.4) is 0 Å². The Balaban J connectivity index is 1.94. The molecule has 1 aromatic carbocycles. The smallest absolute Gasteiger partial charge is 0.188 e. The van der Waals surface area contributed by atoms with E-state index in [1.165, 1.54) is 0 Å². The van der Waals surface area contributed by atoms with Crippen molar-refractivity contribution in [1.82, 2.24) is 0 Å². The molecule has 0 bridgehead atoms. The highest BCUT2D eigenvalue weighted by atomic mass is 32.2. The van der Waals surface area contributed by atoms with Crippen molar-refractivity contribution in [1.29, 1.82) is 0 Å². The summed E-state index contributed by atoms with van der Waals surface area (Å²) in [6.45, 7) is 5.43. The fourth-order valence-corrected chi connectivity index (χ4v) is 8.78. The van der Waals surface area contributed by atoms with E-state index in [4.69, 9.17) is 9.47 Å². The van der Waals surface area contributed by atoms with E-state index in [-0.39, 0.29) is 22.0 Å². The fraction of sp³-hybridized carbons (Fsp3) is 0.632. The number of ketones is 1. The number of sulfone groups is 1. The highest BCUT2D eigenvalue weighted by molar-refractivity contribution is 8.17. The van der Waals surface area contributed by atoms with E-state index in [2.05, 4.69) is 0 Å². The van der Waals surface area contributed by atoms with Crippen LogP contribution in [0.4, 0.5) is 0 Å². The van der Waals surface area contributed by atoms with E-state index in [1.54, 1.807) is 67.7 Å². The molecule has 0 amide bonds. The molecule has 2 fully saturated rings. The van der Waals surface area contributed by atoms with Crippen LogP contribution < -0.4 is 0 Å². The average molecular weight is 431 g/mol. The fourth-order valence-electron chi connectivity index (χ4n) is 3.41. The van der Waals surface area contributed by atoms with Gasteiger partial charge in [-0.05, 0) is 43.9 Å². The predicted molar refractivity (Wildman–Crippen MR) is 110 cm³/mol. The number of ether oxygens (including phenoxy) is 2. The van der Waals surface area contributed by atoms with Crippen molar-refractivity contribution in [3.63, 3.8) is 0 Å². The predicted octanol–water partition coefficient (Wildman–Crippen LogP) is 3.38. The Hall–Kier alpha value is -0.540. The lowest BCUT2D eigenvalue weighted by Gasteiger charge is -2.32. The molecule has 1 aromatic rings. The molecule has 0 aromatic heterocycles. The van der Waals surface area contributed by atoms with Crippen molar-refractivity contribution in [2.45, 2.75) is 53.8 Å². The maximum atomic E-state index is 13.4. The SMILES string of the molecule is C[C@@H](C1SCCCS1)C(C(=O)[C@@H]1COC(C)(C)O1)S(=O)(=O)c1ccccc1. The minimum Gasteiger partial charge on any atom is -0.347 e. The van der Waals surface area contributed by atoms with Crippen molar-refractivity contribution >= 4 is 39.1 Å². The summed E-state index contributed by atoms with van der Waals surface area (Å²) in [4.78, 5) is 13.5. The van der Waals surface area contributed by atoms with Crippen LogP contribution in [0.5, 0.6) is 0 Å². The second-order valence-electron chi connectivity index (χ2n) is 7.32. The maximum Gasteiger partial charge on any atom is 0.188 e. The molecule has 0 saturated carbocycles. The van der Waals surface area contributed by atoms with Crippen LogP contribution in [-0.4, -0.2) is 54.0 Å². The van der Waals surface area contributed by atoms with E-state index < -0.39 is 32.8 Å². The molecule has 2 aliphatic rings. The average Bonchev–Trinajstić information content (AvgIpc) is 3.03. The minimum atomic E-state index is -3.84. The van der Waals surface area contributed by atoms with Crippen LogP contribution in [0, 0.1) is 5.92 Å². The van der Waals surface area contributed by atoms with Crippen LogP contribution in [0.2, 0.25) is 0 Å². The summed E-state index contributed by atoms with van der Waals surface area (Å²) in [6.07, 6.45) is 0.251. The number of hydrogen-bond donors (Lipinski definition) is 0. The molecule has 5 nitrogen and oxygen atoms in total. The second kappa shape index (κ2) is 8.45. The number of carbonyl (C=O) groups excluding carboxylic acids is 1. The largest absolute Gasteiger partial charge is 0.347 e. The molecule has 3 rings (SSSR count). The van der Waals surface area contributed by atoms with Gasteiger partial charge in [-0.15, -0.1) is 23.5 Å². The molecule has 0 aliphatic carbocycles. The zero-order chi connectivity index (χ0) is 19.7. The molecule has 1 unspecified atom stereocenters. The van der Waals surface area contributed by atoms with Gasteiger partial charge in [-0.2, -0.15) is 0 Å². The maximum absolute atomic E-state index is 13.4. The lowest BCUT2D eigenvalue weighted by molar-refractivity contribution is -0.152. The van der Waals surface area contributed by atoms with E-state index in [0.29, 0.717) is 0 Å². The standard InChI is InChI=1S/C19H26O5S3/c1-13(18-25-10-7-11-26-18)17(16(20)15-12-23-19(2,3)24-15)27(21,22)14-8-5-4-6-9-14/h4-6,8-9,13,15,17-18H,7,10-12H2,1-3H3/t13-,15+,17?/m1/s1. The van der Waals surface area contributed by atoms with E-state index in [0.717, 1.165) is 17.9 Å². The molecule has 150 valence electrons. The molecule has 3 atom stereocenters. The third-order valence-corrected chi connectivity index (χ3v) is 10.4. The Bertz CT molecular complexity index is 757. The van der Waals surface area contributed by atoms with Crippen molar-refractivity contribution in [2.75, 3.05) is 18.1 Å². The van der Waals surface area contributed by atoms with Gasteiger partial charge in [0.2, 0.25) is 0 Å². The number of thioether (sulfide) groups is 2. The summed E-state index contributed by atoms with van der Waals surface area (Å²) in [5, 5.41) is -1.15. The van der Waals surface area contributed by atoms with Gasteiger partial charge in [-0.25, -0.2) is 8.42 Å². The summed E-state index contributed by atoms with van der Waals surface area (Å²) in [5.74, 6) is 0.377. The zero-order valence-electron chi connectivity index (χ0n) is 15.8. The van der Waals surface area contributed by atoms with E-state index in [1.807, 2.05) is 6.92 Å². The Kier molecular flexibility index (Phi) is 6.63. The molecule has 8 heteroatoms. The number of hydrogen-bond acceptors (Lipinski definition) is 7. The van der Waals surface area contributed by atoms with Crippen LogP contribution >= 0.6 is 23.5 Å². The van der Waals surface area contributed by atoms with Crippen LogP contribution in [-0.2, 0) is 24.1 Å². The zero-order valence-corrected chi connectivity index (χ0v) is 18.2. The van der Waals surface area contributed by atoms with Crippen molar-refractivity contribution in [2.24, 2.45) is 5.92 Å². The van der Waals surface area contributed by atoms with Crippen molar-refractivity contribution < 1.29 is 22.7 Å². The number of Topliss-reactive ketones (excluding diaryl/α,β-unsaturated/α-hetero) is 1. The summed E-state index contributed by atoms with van der Waals surface area (Å²) < 4.78 is 38.2. The number of rotatable bonds is 6. The summed E-state index contributed by atoms with van der Waals surface area (Å²) in [6, 6.07) is 8.24. The Labute approximate surface area is 169 Å². The first-order valence-corrected chi connectivity index (χ1v) is 12.7. The molecule has 27 heavy (non-hydrogen) atoms. The van der Waals surface area contributed by atoms with Gasteiger partial charge in [0.1, 0.15) is 11.4 Å². The van der Waals surface area contributed by atoms with E-state index >= 15 is 0 Å². The van der Waals surface area contributed by atoms with Crippen LogP contribution in [0.15, 0.2) is 35.2 Å². The molecule has 2 aliphatic heterocycles. The van der Waals surface area contributed by atoms with Gasteiger partial charge in [0.05, 0.1) is 16.1 Å². The number of carbonyl (C=O) groups is 1. The van der Waals surface area contributed by atoms with Crippen molar-refractivity contribution in [3.05, 3.63) is 30.3 Å². The third kappa shape index (κ3) is 4.72. The molecule has 0 radical (unpaired) electrons. The molecular formula is C19H26O5S3. The monoisotopic (exact) mass is 430 g/mol. The van der Waals surface area contributed by atoms with Gasteiger partial charge in [-0.3, -0.25) is 4.79 Å². The Morgan fingerprint density at radius 1 is 1.19 bits per heavy atom. The molecule has 0 spiro atoms. The van der Waals surface area contributed by atoms with E-state index in [9.17, 15) is 13.2 Å². The van der Waals surface area contributed by atoms with Crippen LogP contribution in [0.1, 0.15) is 27.2 Å². The molecule has 2 heterocycles. The topological polar surface area (TPSA) is 69.7 Å². The van der Waals surface area contributed by atoms with Crippen LogP contribution in [0.25, 0.3) is 0 Å². The summed E-state index contributed by atoms with van der Waals surface area (Å²) >= 11 is 3.49. The third-order valence-electron chi connectivity index (χ3n) is 4.77. The summed E-state index contributed by atoms with van der Waals surface area (Å²) in [7, 11) is -3.84. The van der Waals surface area contributed by atoms with Gasteiger partial charge in [-0.1, -0.05) is 25.1 Å². The highest BCUT2D eigenvalue weighted by Gasteiger charge is 2.48. The van der Waals surface area contributed by atoms with Gasteiger partial charge in [0.25, 0.3) is 0 Å². The molecule has 0 N–H and O–H groups in total. The van der Waals surface area contributed by atoms with Gasteiger partial charge in [0.15, 0.2) is 21.4 Å². The van der Waals surface area contributed by atoms with Crippen molar-refractivity contribution in [3.8, 4) is 0 Å². The molecule has 2 saturated heterocycles. The highest BCUT2D eigenvalue weighted by Crippen LogP contribution is 2.40. The first kappa shape index (κ1) is 21.2. The normalized spacial score (nSPS) is 25.8. The quantitative estimate of drug-likeness (QED) is 0.685. The Morgan fingerprint density at radius 2 is 1.81 bits per heavy atom. The first-order valence-electron chi connectivity index (χ1n) is 9.10. The first-order chi connectivity index (χ1) is 12.7. The Morgan fingerprint density at radius 3 is 2.37 bits per heavy atom. The second-order valence-corrected chi connectivity index (χ2v) is 12.2. The van der Waals surface area contributed by atoms with Gasteiger partial charge >= 0.3 is 0 Å². The minimum absolute atomic E-state index is 0.0709. The van der Waals surface area contributed by atoms with Gasteiger partial charge < -0.3 is 9.47 Å². The molecular weight excluding hydrogens is 404 g/mol.